The van der Waals surface area contributed by atoms with Gasteiger partial charge in [-0.05, 0) is 67.3 Å². The van der Waals surface area contributed by atoms with E-state index < -0.39 is 10.0 Å². The molecule has 1 atom stereocenters. The van der Waals surface area contributed by atoms with Gasteiger partial charge in [-0.3, -0.25) is 9.59 Å². The van der Waals surface area contributed by atoms with Gasteiger partial charge in [0.2, 0.25) is 15.9 Å². The van der Waals surface area contributed by atoms with Crippen LogP contribution in [0.15, 0.2) is 53.4 Å². The number of piperidine rings is 1. The SMILES string of the molecule is CC(=O)Nc1ccc(C(=O)Nc2ccc(S(=O)(=O)N3CCCC(C)C3)cc2)cc1. The number of carbonyl (C=O) groups excluding carboxylic acids is 2. The Labute approximate surface area is 171 Å². The molecular weight excluding hydrogens is 390 g/mol. The van der Waals surface area contributed by atoms with E-state index in [2.05, 4.69) is 17.6 Å². The average Bonchev–Trinajstić information content (AvgIpc) is 2.68. The van der Waals surface area contributed by atoms with Crippen LogP contribution in [0.4, 0.5) is 11.4 Å². The van der Waals surface area contributed by atoms with Crippen molar-refractivity contribution in [3.8, 4) is 0 Å². The minimum Gasteiger partial charge on any atom is -0.326 e. The summed E-state index contributed by atoms with van der Waals surface area (Å²) in [5.41, 5.74) is 1.54. The highest BCUT2D eigenvalue weighted by Crippen LogP contribution is 2.24. The number of rotatable bonds is 5. The van der Waals surface area contributed by atoms with Gasteiger partial charge in [0.1, 0.15) is 0 Å². The molecule has 154 valence electrons. The monoisotopic (exact) mass is 415 g/mol. The van der Waals surface area contributed by atoms with Gasteiger partial charge in [-0.2, -0.15) is 4.31 Å². The lowest BCUT2D eigenvalue weighted by atomic mass is 10.0. The van der Waals surface area contributed by atoms with Crippen molar-refractivity contribution in [1.29, 1.82) is 0 Å². The van der Waals surface area contributed by atoms with E-state index in [1.807, 2.05) is 0 Å². The van der Waals surface area contributed by atoms with Crippen LogP contribution in [-0.4, -0.2) is 37.6 Å². The summed E-state index contributed by atoms with van der Waals surface area (Å²) in [7, 11) is -3.52. The number of sulfonamides is 1. The summed E-state index contributed by atoms with van der Waals surface area (Å²) in [6.45, 7) is 4.55. The zero-order valence-corrected chi connectivity index (χ0v) is 17.3. The molecule has 0 bridgehead atoms. The first-order chi connectivity index (χ1) is 13.8. The molecule has 0 aliphatic carbocycles. The lowest BCUT2D eigenvalue weighted by Crippen LogP contribution is -2.39. The first-order valence-corrected chi connectivity index (χ1v) is 11.0. The van der Waals surface area contributed by atoms with E-state index >= 15 is 0 Å². The Bertz CT molecular complexity index is 986. The molecule has 1 unspecified atom stereocenters. The second kappa shape index (κ2) is 8.75. The molecule has 1 aliphatic rings. The van der Waals surface area contributed by atoms with Crippen molar-refractivity contribution >= 4 is 33.2 Å². The summed E-state index contributed by atoms with van der Waals surface area (Å²) in [4.78, 5) is 23.7. The number of benzene rings is 2. The van der Waals surface area contributed by atoms with Gasteiger partial charge in [0.25, 0.3) is 5.91 Å². The fourth-order valence-corrected chi connectivity index (χ4v) is 4.93. The van der Waals surface area contributed by atoms with Crippen LogP contribution < -0.4 is 10.6 Å². The smallest absolute Gasteiger partial charge is 0.255 e. The maximum atomic E-state index is 12.8. The first-order valence-electron chi connectivity index (χ1n) is 9.55. The molecule has 2 aromatic carbocycles. The predicted molar refractivity (Wildman–Crippen MR) is 112 cm³/mol. The van der Waals surface area contributed by atoms with Gasteiger partial charge >= 0.3 is 0 Å². The number of nitrogens with one attached hydrogen (secondary N) is 2. The van der Waals surface area contributed by atoms with Gasteiger partial charge in [0, 0.05) is 37.0 Å². The van der Waals surface area contributed by atoms with Crippen LogP contribution in [0.25, 0.3) is 0 Å². The van der Waals surface area contributed by atoms with E-state index in [4.69, 9.17) is 0 Å². The predicted octanol–water partition coefficient (Wildman–Crippen LogP) is 3.32. The molecule has 2 amide bonds. The third kappa shape index (κ3) is 5.21. The summed E-state index contributed by atoms with van der Waals surface area (Å²) in [6, 6.07) is 12.7. The molecule has 1 saturated heterocycles. The van der Waals surface area contributed by atoms with Gasteiger partial charge in [0.05, 0.1) is 4.90 Å². The highest BCUT2D eigenvalue weighted by atomic mass is 32.2. The molecule has 7 nitrogen and oxygen atoms in total. The van der Waals surface area contributed by atoms with Crippen LogP contribution in [0.3, 0.4) is 0 Å². The second-order valence-electron chi connectivity index (χ2n) is 7.35. The van der Waals surface area contributed by atoms with Crippen molar-refractivity contribution in [2.45, 2.75) is 31.6 Å². The maximum Gasteiger partial charge on any atom is 0.255 e. The van der Waals surface area contributed by atoms with Crippen LogP contribution in [0.5, 0.6) is 0 Å². The minimum absolute atomic E-state index is 0.184. The first kappa shape index (κ1) is 21.0. The van der Waals surface area contributed by atoms with Crippen LogP contribution >= 0.6 is 0 Å². The third-order valence-corrected chi connectivity index (χ3v) is 6.72. The number of carbonyl (C=O) groups is 2. The average molecular weight is 416 g/mol. The van der Waals surface area contributed by atoms with Gasteiger partial charge in [-0.1, -0.05) is 6.92 Å². The Hall–Kier alpha value is -2.71. The number of anilines is 2. The zero-order valence-electron chi connectivity index (χ0n) is 16.5. The summed E-state index contributed by atoms with van der Waals surface area (Å²) < 4.78 is 27.1. The maximum absolute atomic E-state index is 12.8. The Morgan fingerprint density at radius 2 is 1.55 bits per heavy atom. The fourth-order valence-electron chi connectivity index (χ4n) is 3.34. The van der Waals surface area contributed by atoms with E-state index in [0.29, 0.717) is 35.9 Å². The zero-order chi connectivity index (χ0) is 21.0. The summed E-state index contributed by atoms with van der Waals surface area (Å²) in [5, 5.41) is 5.39. The van der Waals surface area contributed by atoms with Crippen molar-refractivity contribution in [3.05, 3.63) is 54.1 Å². The molecule has 2 N–H and O–H groups in total. The van der Waals surface area contributed by atoms with E-state index in [1.54, 1.807) is 36.4 Å². The Morgan fingerprint density at radius 1 is 0.966 bits per heavy atom. The molecule has 1 heterocycles. The highest BCUT2D eigenvalue weighted by Gasteiger charge is 2.28. The largest absolute Gasteiger partial charge is 0.326 e. The van der Waals surface area contributed by atoms with Crippen LogP contribution in [0.2, 0.25) is 0 Å². The molecule has 0 saturated carbocycles. The molecule has 8 heteroatoms. The molecule has 3 rings (SSSR count). The molecule has 1 fully saturated rings. The summed E-state index contributed by atoms with van der Waals surface area (Å²) in [6.07, 6.45) is 1.91. The Kier molecular flexibility index (Phi) is 6.34. The van der Waals surface area contributed by atoms with Crippen molar-refractivity contribution in [2.24, 2.45) is 5.92 Å². The molecule has 1 aliphatic heterocycles. The Morgan fingerprint density at radius 3 is 2.14 bits per heavy atom. The molecule has 0 aromatic heterocycles. The fraction of sp³-hybridized carbons (Fsp3) is 0.333. The van der Waals surface area contributed by atoms with Crippen molar-refractivity contribution in [2.75, 3.05) is 23.7 Å². The highest BCUT2D eigenvalue weighted by molar-refractivity contribution is 7.89. The van der Waals surface area contributed by atoms with Crippen molar-refractivity contribution in [1.82, 2.24) is 4.31 Å². The van der Waals surface area contributed by atoms with Crippen LogP contribution in [-0.2, 0) is 14.8 Å². The van der Waals surface area contributed by atoms with Gasteiger partial charge < -0.3 is 10.6 Å². The second-order valence-corrected chi connectivity index (χ2v) is 9.29. The lowest BCUT2D eigenvalue weighted by molar-refractivity contribution is -0.114. The van der Waals surface area contributed by atoms with Gasteiger partial charge in [-0.15, -0.1) is 0 Å². The number of nitrogens with zero attached hydrogens (tertiary/aromatic N) is 1. The molecule has 2 aromatic rings. The van der Waals surface area contributed by atoms with Crippen molar-refractivity contribution in [3.63, 3.8) is 0 Å². The quantitative estimate of drug-likeness (QED) is 0.783. The van der Waals surface area contributed by atoms with E-state index in [1.165, 1.54) is 23.4 Å². The van der Waals surface area contributed by atoms with Gasteiger partial charge in [0.15, 0.2) is 0 Å². The molecule has 0 spiro atoms. The number of hydrogen-bond acceptors (Lipinski definition) is 4. The van der Waals surface area contributed by atoms with Crippen LogP contribution in [0.1, 0.15) is 37.0 Å². The lowest BCUT2D eigenvalue weighted by Gasteiger charge is -2.30. The number of hydrogen-bond donors (Lipinski definition) is 2. The van der Waals surface area contributed by atoms with Gasteiger partial charge in [-0.25, -0.2) is 8.42 Å². The minimum atomic E-state index is -3.52. The summed E-state index contributed by atoms with van der Waals surface area (Å²) >= 11 is 0. The third-order valence-electron chi connectivity index (χ3n) is 4.84. The number of amides is 2. The molecular formula is C21H25N3O4S. The van der Waals surface area contributed by atoms with E-state index in [-0.39, 0.29) is 16.7 Å². The summed E-state index contributed by atoms with van der Waals surface area (Å²) in [5.74, 6) is -0.148. The Balaban J connectivity index is 1.67. The molecule has 29 heavy (non-hydrogen) atoms. The standard InChI is InChI=1S/C21H25N3O4S/c1-15-4-3-13-24(14-15)29(27,28)20-11-9-19(10-12-20)23-21(26)17-5-7-18(8-6-17)22-16(2)25/h5-12,15H,3-4,13-14H2,1-2H3,(H,22,25)(H,23,26). The topological polar surface area (TPSA) is 95.6 Å². The normalized spacial score (nSPS) is 17.5. The van der Waals surface area contributed by atoms with E-state index in [9.17, 15) is 18.0 Å². The molecule has 0 radical (unpaired) electrons. The van der Waals surface area contributed by atoms with Crippen molar-refractivity contribution < 1.29 is 18.0 Å². The van der Waals surface area contributed by atoms with E-state index in [0.717, 1.165) is 12.8 Å². The van der Waals surface area contributed by atoms with Crippen LogP contribution in [0, 0.1) is 5.92 Å².